The van der Waals surface area contributed by atoms with Gasteiger partial charge in [-0.2, -0.15) is 0 Å². The van der Waals surface area contributed by atoms with Crippen molar-refractivity contribution in [3.05, 3.63) is 35.9 Å². The van der Waals surface area contributed by atoms with E-state index in [2.05, 4.69) is 54.5 Å². The van der Waals surface area contributed by atoms with Crippen LogP contribution in [0.5, 0.6) is 0 Å². The minimum absolute atomic E-state index is 0.580. The lowest BCUT2D eigenvalue weighted by Gasteiger charge is -2.21. The van der Waals surface area contributed by atoms with E-state index in [1.165, 1.54) is 18.4 Å². The van der Waals surface area contributed by atoms with Crippen LogP contribution in [0.25, 0.3) is 0 Å². The first kappa shape index (κ1) is 15.5. The second-order valence-corrected chi connectivity index (χ2v) is 5.94. The van der Waals surface area contributed by atoms with E-state index >= 15 is 0 Å². The van der Waals surface area contributed by atoms with Gasteiger partial charge in [-0.05, 0) is 51.4 Å². The highest BCUT2D eigenvalue weighted by atomic mass is 16.5. The Bertz CT molecular complexity index is 363. The summed E-state index contributed by atoms with van der Waals surface area (Å²) in [5, 5.41) is 3.64. The summed E-state index contributed by atoms with van der Waals surface area (Å²) in [4.78, 5) is 2.39. The van der Waals surface area contributed by atoms with Gasteiger partial charge in [-0.3, -0.25) is 0 Å². The molecule has 3 nitrogen and oxygen atoms in total. The molecule has 2 rings (SSSR count). The molecule has 0 amide bonds. The van der Waals surface area contributed by atoms with Crippen LogP contribution in [0.1, 0.15) is 25.3 Å². The minimum atomic E-state index is 0.580. The Morgan fingerprint density at radius 3 is 2.85 bits per heavy atom. The van der Waals surface area contributed by atoms with Gasteiger partial charge in [0.25, 0.3) is 0 Å². The quantitative estimate of drug-likeness (QED) is 0.738. The summed E-state index contributed by atoms with van der Waals surface area (Å²) < 4.78 is 5.44. The van der Waals surface area contributed by atoms with Crippen LogP contribution < -0.4 is 5.32 Å². The lowest BCUT2D eigenvalue weighted by molar-refractivity contribution is 0.178. The topological polar surface area (TPSA) is 24.5 Å². The second kappa shape index (κ2) is 8.40. The molecule has 0 aliphatic carbocycles. The number of nitrogens with zero attached hydrogens (tertiary/aromatic N) is 1. The maximum atomic E-state index is 5.44. The van der Waals surface area contributed by atoms with Gasteiger partial charge >= 0.3 is 0 Å². The Morgan fingerprint density at radius 1 is 1.35 bits per heavy atom. The van der Waals surface area contributed by atoms with E-state index in [1.54, 1.807) is 0 Å². The van der Waals surface area contributed by atoms with Crippen LogP contribution in [-0.2, 0) is 11.3 Å². The summed E-state index contributed by atoms with van der Waals surface area (Å²) in [5.41, 5.74) is 1.39. The Labute approximate surface area is 123 Å². The minimum Gasteiger partial charge on any atom is -0.381 e. The zero-order chi connectivity index (χ0) is 14.2. The summed E-state index contributed by atoms with van der Waals surface area (Å²) in [6.45, 7) is 7.42. The average Bonchev–Trinajstić information content (AvgIpc) is 2.99. The highest BCUT2D eigenvalue weighted by Gasteiger charge is 2.21. The maximum absolute atomic E-state index is 5.44. The fourth-order valence-corrected chi connectivity index (χ4v) is 2.77. The van der Waals surface area contributed by atoms with Gasteiger partial charge in [0.05, 0.1) is 6.61 Å². The molecule has 20 heavy (non-hydrogen) atoms. The Hall–Kier alpha value is -0.900. The molecule has 0 bridgehead atoms. The fraction of sp³-hybridized carbons (Fsp3) is 0.647. The zero-order valence-corrected chi connectivity index (χ0v) is 12.8. The van der Waals surface area contributed by atoms with Gasteiger partial charge in [-0.1, -0.05) is 30.3 Å². The normalized spacial score (nSPS) is 20.4. The van der Waals surface area contributed by atoms with E-state index in [0.717, 1.165) is 32.8 Å². The van der Waals surface area contributed by atoms with Gasteiger partial charge in [0.1, 0.15) is 0 Å². The Morgan fingerprint density at radius 2 is 2.15 bits per heavy atom. The standard InChI is InChI=1S/C17H28N2O/c1-15(17-9-12-20-14-17)18-10-6-11-19(2)13-16-7-4-3-5-8-16/h3-5,7-8,15,17-18H,6,9-14H2,1-2H3. The van der Waals surface area contributed by atoms with Crippen LogP contribution >= 0.6 is 0 Å². The SMILES string of the molecule is CC(NCCCN(C)Cc1ccccc1)C1CCOC1. The molecule has 1 aromatic carbocycles. The molecule has 1 fully saturated rings. The number of hydrogen-bond donors (Lipinski definition) is 1. The summed E-state index contributed by atoms with van der Waals surface area (Å²) in [6.07, 6.45) is 2.41. The van der Waals surface area contributed by atoms with Crippen LogP contribution in [0.2, 0.25) is 0 Å². The maximum Gasteiger partial charge on any atom is 0.0509 e. The molecule has 112 valence electrons. The van der Waals surface area contributed by atoms with E-state index < -0.39 is 0 Å². The van der Waals surface area contributed by atoms with Gasteiger partial charge in [0.2, 0.25) is 0 Å². The zero-order valence-electron chi connectivity index (χ0n) is 12.8. The summed E-state index contributed by atoms with van der Waals surface area (Å²) in [5.74, 6) is 0.706. The van der Waals surface area contributed by atoms with E-state index in [-0.39, 0.29) is 0 Å². The number of rotatable bonds is 8. The molecule has 1 saturated heterocycles. The molecule has 0 spiro atoms. The molecular formula is C17H28N2O. The van der Waals surface area contributed by atoms with Crippen LogP contribution in [0, 0.1) is 5.92 Å². The first-order valence-electron chi connectivity index (χ1n) is 7.79. The van der Waals surface area contributed by atoms with Crippen LogP contribution in [0.4, 0.5) is 0 Å². The number of benzene rings is 1. The average molecular weight is 276 g/mol. The molecule has 3 heteroatoms. The van der Waals surface area contributed by atoms with Gasteiger partial charge in [-0.15, -0.1) is 0 Å². The smallest absolute Gasteiger partial charge is 0.0509 e. The van der Waals surface area contributed by atoms with Crippen molar-refractivity contribution < 1.29 is 4.74 Å². The van der Waals surface area contributed by atoms with Crippen molar-refractivity contribution in [3.8, 4) is 0 Å². The largest absolute Gasteiger partial charge is 0.381 e. The van der Waals surface area contributed by atoms with Crippen molar-refractivity contribution >= 4 is 0 Å². The van der Waals surface area contributed by atoms with Crippen LogP contribution in [0.3, 0.4) is 0 Å². The number of ether oxygens (including phenoxy) is 1. The summed E-state index contributed by atoms with van der Waals surface area (Å²) >= 11 is 0. The highest BCUT2D eigenvalue weighted by molar-refractivity contribution is 5.14. The number of hydrogen-bond acceptors (Lipinski definition) is 3. The van der Waals surface area contributed by atoms with Crippen molar-refractivity contribution in [2.24, 2.45) is 5.92 Å². The van der Waals surface area contributed by atoms with E-state index in [9.17, 15) is 0 Å². The monoisotopic (exact) mass is 276 g/mol. The molecule has 1 N–H and O–H groups in total. The molecular weight excluding hydrogens is 248 g/mol. The van der Waals surface area contributed by atoms with Crippen molar-refractivity contribution in [3.63, 3.8) is 0 Å². The predicted molar refractivity (Wildman–Crippen MR) is 83.8 cm³/mol. The third-order valence-electron chi connectivity index (χ3n) is 4.15. The molecule has 1 aromatic rings. The molecule has 1 aliphatic rings. The second-order valence-electron chi connectivity index (χ2n) is 5.94. The van der Waals surface area contributed by atoms with Crippen LogP contribution in [-0.4, -0.2) is 44.3 Å². The van der Waals surface area contributed by atoms with Gasteiger partial charge in [0.15, 0.2) is 0 Å². The third kappa shape index (κ3) is 5.23. The van der Waals surface area contributed by atoms with Crippen molar-refractivity contribution in [1.29, 1.82) is 0 Å². The lowest BCUT2D eigenvalue weighted by atomic mass is 10.0. The molecule has 0 saturated carbocycles. The highest BCUT2D eigenvalue weighted by Crippen LogP contribution is 2.16. The summed E-state index contributed by atoms with van der Waals surface area (Å²) in [6, 6.07) is 11.2. The lowest BCUT2D eigenvalue weighted by Crippen LogP contribution is -2.35. The van der Waals surface area contributed by atoms with Gasteiger partial charge < -0.3 is 15.0 Å². The number of nitrogens with one attached hydrogen (secondary N) is 1. The first-order chi connectivity index (χ1) is 9.75. The molecule has 0 radical (unpaired) electrons. The molecule has 1 heterocycles. The molecule has 0 aromatic heterocycles. The third-order valence-corrected chi connectivity index (χ3v) is 4.15. The fourth-order valence-electron chi connectivity index (χ4n) is 2.77. The Kier molecular flexibility index (Phi) is 6.51. The van der Waals surface area contributed by atoms with E-state index in [0.29, 0.717) is 12.0 Å². The molecule has 2 atom stereocenters. The molecule has 2 unspecified atom stereocenters. The first-order valence-corrected chi connectivity index (χ1v) is 7.79. The van der Waals surface area contributed by atoms with Crippen molar-refractivity contribution in [2.75, 3.05) is 33.4 Å². The van der Waals surface area contributed by atoms with Crippen LogP contribution in [0.15, 0.2) is 30.3 Å². The van der Waals surface area contributed by atoms with E-state index in [1.807, 2.05) is 0 Å². The van der Waals surface area contributed by atoms with Crippen molar-refractivity contribution in [1.82, 2.24) is 10.2 Å². The predicted octanol–water partition coefficient (Wildman–Crippen LogP) is 2.52. The van der Waals surface area contributed by atoms with Gasteiger partial charge in [0, 0.05) is 19.2 Å². The summed E-state index contributed by atoms with van der Waals surface area (Å²) in [7, 11) is 2.20. The molecule has 1 aliphatic heterocycles. The van der Waals surface area contributed by atoms with E-state index in [4.69, 9.17) is 4.74 Å². The Balaban J connectivity index is 1.56. The van der Waals surface area contributed by atoms with Crippen molar-refractivity contribution in [2.45, 2.75) is 32.4 Å². The van der Waals surface area contributed by atoms with Gasteiger partial charge in [-0.25, -0.2) is 0 Å².